The normalized spacial score (nSPS) is 19.2. The van der Waals surface area contributed by atoms with Gasteiger partial charge in [-0.1, -0.05) is 0 Å². The smallest absolute Gasteiger partial charge is 0.337 e. The summed E-state index contributed by atoms with van der Waals surface area (Å²) in [6.45, 7) is 3.08. The molecule has 2 aromatic heterocycles. The van der Waals surface area contributed by atoms with Gasteiger partial charge < -0.3 is 9.80 Å². The van der Waals surface area contributed by atoms with Gasteiger partial charge in [0.1, 0.15) is 11.3 Å². The number of carbonyl (C=O) groups is 1. The molecule has 9 heteroatoms. The summed E-state index contributed by atoms with van der Waals surface area (Å²) in [5.74, 6) is -0.364. The number of alkyl halides is 3. The SMILES string of the molecule is Cc1cc(C(F)(F)F)n2ncc(C(=O)N(C)C3CCN(C)C3)c2n1. The Morgan fingerprint density at radius 2 is 2.12 bits per heavy atom. The summed E-state index contributed by atoms with van der Waals surface area (Å²) in [5.41, 5.74) is -0.730. The van der Waals surface area contributed by atoms with E-state index >= 15 is 0 Å². The highest BCUT2D eigenvalue weighted by molar-refractivity contribution is 5.99. The van der Waals surface area contributed by atoms with Crippen molar-refractivity contribution in [2.45, 2.75) is 25.6 Å². The number of carbonyl (C=O) groups excluding carboxylic acids is 1. The minimum absolute atomic E-state index is 0.0318. The molecule has 1 aliphatic heterocycles. The first-order valence-electron chi connectivity index (χ1n) is 7.56. The van der Waals surface area contributed by atoms with E-state index in [0.717, 1.165) is 31.8 Å². The maximum absolute atomic E-state index is 13.2. The van der Waals surface area contributed by atoms with Crippen molar-refractivity contribution in [1.29, 1.82) is 0 Å². The zero-order valence-corrected chi connectivity index (χ0v) is 13.6. The Labute approximate surface area is 136 Å². The second-order valence-electron chi connectivity index (χ2n) is 6.19. The Hall–Kier alpha value is -2.16. The molecule has 3 rings (SSSR count). The van der Waals surface area contributed by atoms with E-state index < -0.39 is 11.9 Å². The average molecular weight is 341 g/mol. The van der Waals surface area contributed by atoms with Crippen molar-refractivity contribution in [2.24, 2.45) is 0 Å². The number of likely N-dealkylation sites (N-methyl/N-ethyl adjacent to an activating group) is 2. The Morgan fingerprint density at radius 1 is 1.42 bits per heavy atom. The Bertz CT molecular complexity index is 785. The molecule has 130 valence electrons. The number of hydrogen-bond acceptors (Lipinski definition) is 4. The lowest BCUT2D eigenvalue weighted by Gasteiger charge is -2.24. The summed E-state index contributed by atoms with van der Waals surface area (Å²) in [5, 5.41) is 3.75. The molecule has 1 aliphatic rings. The van der Waals surface area contributed by atoms with Crippen LogP contribution in [0.4, 0.5) is 13.2 Å². The largest absolute Gasteiger partial charge is 0.433 e. The van der Waals surface area contributed by atoms with Gasteiger partial charge in [0, 0.05) is 25.3 Å². The minimum atomic E-state index is -4.57. The molecule has 0 N–H and O–H groups in total. The number of nitrogens with zero attached hydrogens (tertiary/aromatic N) is 5. The highest BCUT2D eigenvalue weighted by atomic mass is 19.4. The van der Waals surface area contributed by atoms with Gasteiger partial charge in [-0.05, 0) is 33.0 Å². The van der Waals surface area contributed by atoms with Crippen LogP contribution in [0.3, 0.4) is 0 Å². The summed E-state index contributed by atoms with van der Waals surface area (Å²) < 4.78 is 40.2. The second kappa shape index (κ2) is 5.73. The molecular weight excluding hydrogens is 323 g/mol. The van der Waals surface area contributed by atoms with Crippen LogP contribution in [0.1, 0.15) is 28.2 Å². The van der Waals surface area contributed by atoms with Crippen molar-refractivity contribution in [2.75, 3.05) is 27.2 Å². The zero-order chi connectivity index (χ0) is 17.6. The van der Waals surface area contributed by atoms with Crippen molar-refractivity contribution in [3.8, 4) is 0 Å². The minimum Gasteiger partial charge on any atom is -0.337 e. The van der Waals surface area contributed by atoms with Gasteiger partial charge in [0.05, 0.1) is 6.20 Å². The molecule has 1 atom stereocenters. The molecule has 6 nitrogen and oxygen atoms in total. The quantitative estimate of drug-likeness (QED) is 0.836. The van der Waals surface area contributed by atoms with Crippen molar-refractivity contribution in [3.05, 3.63) is 29.2 Å². The molecule has 0 aromatic carbocycles. The molecule has 1 fully saturated rings. The third-order valence-electron chi connectivity index (χ3n) is 4.36. The van der Waals surface area contributed by atoms with Gasteiger partial charge in [0.2, 0.25) is 0 Å². The number of fused-ring (bicyclic) bond motifs is 1. The predicted molar refractivity (Wildman–Crippen MR) is 80.7 cm³/mol. The van der Waals surface area contributed by atoms with E-state index in [-0.39, 0.29) is 28.9 Å². The summed E-state index contributed by atoms with van der Waals surface area (Å²) in [4.78, 5) is 20.5. The molecule has 1 saturated heterocycles. The van der Waals surface area contributed by atoms with E-state index in [1.54, 1.807) is 11.9 Å². The molecule has 0 bridgehead atoms. The highest BCUT2D eigenvalue weighted by Crippen LogP contribution is 2.30. The van der Waals surface area contributed by atoms with Crippen molar-refractivity contribution in [3.63, 3.8) is 0 Å². The van der Waals surface area contributed by atoms with Crippen LogP contribution in [-0.4, -0.2) is 63.5 Å². The fraction of sp³-hybridized carbons (Fsp3) is 0.533. The molecule has 1 unspecified atom stereocenters. The number of aryl methyl sites for hydroxylation is 1. The number of likely N-dealkylation sites (tertiary alicyclic amines) is 1. The van der Waals surface area contributed by atoms with Crippen LogP contribution in [0.2, 0.25) is 0 Å². The van der Waals surface area contributed by atoms with Crippen LogP contribution in [0.25, 0.3) is 5.65 Å². The topological polar surface area (TPSA) is 53.7 Å². The molecule has 2 aromatic rings. The van der Waals surface area contributed by atoms with Crippen molar-refractivity contribution < 1.29 is 18.0 Å². The van der Waals surface area contributed by atoms with Crippen LogP contribution >= 0.6 is 0 Å². The maximum atomic E-state index is 13.2. The maximum Gasteiger partial charge on any atom is 0.433 e. The molecule has 24 heavy (non-hydrogen) atoms. The number of hydrogen-bond donors (Lipinski definition) is 0. The van der Waals surface area contributed by atoms with Gasteiger partial charge in [0.15, 0.2) is 5.65 Å². The van der Waals surface area contributed by atoms with Crippen LogP contribution in [0, 0.1) is 6.92 Å². The lowest BCUT2D eigenvalue weighted by atomic mass is 10.2. The third kappa shape index (κ3) is 2.83. The van der Waals surface area contributed by atoms with E-state index in [1.165, 1.54) is 6.92 Å². The van der Waals surface area contributed by atoms with Gasteiger partial charge >= 0.3 is 6.18 Å². The van der Waals surface area contributed by atoms with Crippen molar-refractivity contribution >= 4 is 11.6 Å². The number of aromatic nitrogens is 3. The van der Waals surface area contributed by atoms with E-state index in [1.807, 2.05) is 7.05 Å². The van der Waals surface area contributed by atoms with E-state index in [0.29, 0.717) is 4.52 Å². The molecular formula is C15H18F3N5O. The monoisotopic (exact) mass is 341 g/mol. The first-order chi connectivity index (χ1) is 11.2. The lowest BCUT2D eigenvalue weighted by molar-refractivity contribution is -0.142. The first kappa shape index (κ1) is 16.7. The van der Waals surface area contributed by atoms with Gasteiger partial charge in [0.25, 0.3) is 5.91 Å². The number of amides is 1. The summed E-state index contributed by atoms with van der Waals surface area (Å²) >= 11 is 0. The Balaban J connectivity index is 2.01. The number of halogens is 3. The fourth-order valence-electron chi connectivity index (χ4n) is 3.02. The summed E-state index contributed by atoms with van der Waals surface area (Å²) in [6.07, 6.45) is -2.58. The van der Waals surface area contributed by atoms with Crippen LogP contribution in [-0.2, 0) is 6.18 Å². The van der Waals surface area contributed by atoms with E-state index in [2.05, 4.69) is 15.0 Å². The van der Waals surface area contributed by atoms with Gasteiger partial charge in [-0.3, -0.25) is 4.79 Å². The lowest BCUT2D eigenvalue weighted by Crippen LogP contribution is -2.38. The third-order valence-corrected chi connectivity index (χ3v) is 4.36. The van der Waals surface area contributed by atoms with E-state index in [4.69, 9.17) is 0 Å². The van der Waals surface area contributed by atoms with Crippen LogP contribution < -0.4 is 0 Å². The fourth-order valence-corrected chi connectivity index (χ4v) is 3.02. The zero-order valence-electron chi connectivity index (χ0n) is 13.6. The Morgan fingerprint density at radius 3 is 2.71 bits per heavy atom. The van der Waals surface area contributed by atoms with Gasteiger partial charge in [-0.15, -0.1) is 0 Å². The molecule has 3 heterocycles. The summed E-state index contributed by atoms with van der Waals surface area (Å²) in [6, 6.07) is 0.952. The average Bonchev–Trinajstić information content (AvgIpc) is 3.10. The molecule has 0 radical (unpaired) electrons. The number of rotatable bonds is 2. The molecule has 0 aliphatic carbocycles. The standard InChI is InChI=1S/C15H18F3N5O/c1-9-6-12(15(16,17)18)23-13(20-9)11(7-19-23)14(24)22(3)10-4-5-21(2)8-10/h6-7,10H,4-5,8H2,1-3H3. The van der Waals surface area contributed by atoms with Crippen molar-refractivity contribution in [1.82, 2.24) is 24.4 Å². The van der Waals surface area contributed by atoms with Crippen LogP contribution in [0.5, 0.6) is 0 Å². The molecule has 0 saturated carbocycles. The van der Waals surface area contributed by atoms with Gasteiger partial charge in [-0.2, -0.15) is 18.3 Å². The first-order valence-corrected chi connectivity index (χ1v) is 7.56. The second-order valence-corrected chi connectivity index (χ2v) is 6.19. The van der Waals surface area contributed by atoms with Crippen LogP contribution in [0.15, 0.2) is 12.3 Å². The summed E-state index contributed by atoms with van der Waals surface area (Å²) in [7, 11) is 3.63. The highest BCUT2D eigenvalue weighted by Gasteiger charge is 2.36. The van der Waals surface area contributed by atoms with Gasteiger partial charge in [-0.25, -0.2) is 9.50 Å². The molecule has 1 amide bonds. The predicted octanol–water partition coefficient (Wildman–Crippen LogP) is 1.83. The Kier molecular flexibility index (Phi) is 3.98. The van der Waals surface area contributed by atoms with E-state index in [9.17, 15) is 18.0 Å². The molecule has 0 spiro atoms.